The van der Waals surface area contributed by atoms with Crippen molar-refractivity contribution in [3.8, 4) is 0 Å². The van der Waals surface area contributed by atoms with Crippen molar-refractivity contribution in [2.24, 2.45) is 11.8 Å². The third-order valence-corrected chi connectivity index (χ3v) is 7.74. The second-order valence-corrected chi connectivity index (χ2v) is 9.85. The molecule has 2 fully saturated rings. The summed E-state index contributed by atoms with van der Waals surface area (Å²) in [4.78, 5) is 27.6. The monoisotopic (exact) mass is 358 g/mol. The molecule has 138 valence electrons. The van der Waals surface area contributed by atoms with Gasteiger partial charge in [-0.1, -0.05) is 13.8 Å². The number of rotatable bonds is 4. The number of likely N-dealkylation sites (tertiary alicyclic amines) is 2. The maximum absolute atomic E-state index is 12.6. The lowest BCUT2D eigenvalue weighted by Crippen LogP contribution is -2.48. The van der Waals surface area contributed by atoms with Gasteiger partial charge in [0.05, 0.1) is 11.0 Å². The summed E-state index contributed by atoms with van der Waals surface area (Å²) < 4.78 is 24.7. The zero-order chi connectivity index (χ0) is 17.9. The van der Waals surface area contributed by atoms with Gasteiger partial charge in [0.2, 0.25) is 11.8 Å². The van der Waals surface area contributed by atoms with Crippen molar-refractivity contribution in [1.82, 2.24) is 9.80 Å². The van der Waals surface area contributed by atoms with Gasteiger partial charge in [0, 0.05) is 39.0 Å². The maximum atomic E-state index is 12.6. The first-order chi connectivity index (χ1) is 11.2. The summed E-state index contributed by atoms with van der Waals surface area (Å²) in [6, 6.07) is 0. The number of amides is 2. The second-order valence-electron chi connectivity index (χ2n) is 7.53. The van der Waals surface area contributed by atoms with Crippen molar-refractivity contribution in [1.29, 1.82) is 0 Å². The van der Waals surface area contributed by atoms with E-state index in [1.807, 2.05) is 18.7 Å². The summed E-state index contributed by atoms with van der Waals surface area (Å²) in [6.07, 6.45) is 2.52. The normalized spacial score (nSPS) is 21.3. The van der Waals surface area contributed by atoms with Crippen LogP contribution in [0.2, 0.25) is 0 Å². The van der Waals surface area contributed by atoms with E-state index in [-0.39, 0.29) is 34.7 Å². The molecule has 0 N–H and O–H groups in total. The number of piperidine rings is 2. The molecule has 0 aromatic carbocycles. The quantitative estimate of drug-likeness (QED) is 0.759. The van der Waals surface area contributed by atoms with E-state index < -0.39 is 9.84 Å². The number of carbonyl (C=O) groups is 2. The Morgan fingerprint density at radius 1 is 0.958 bits per heavy atom. The lowest BCUT2D eigenvalue weighted by Gasteiger charge is -2.37. The molecule has 2 amide bonds. The number of nitrogens with zero attached hydrogens (tertiary/aromatic N) is 2. The van der Waals surface area contributed by atoms with Crippen LogP contribution < -0.4 is 0 Å². The number of hydrogen-bond acceptors (Lipinski definition) is 4. The molecule has 2 aliphatic heterocycles. The molecule has 0 unspecified atom stereocenters. The zero-order valence-electron chi connectivity index (χ0n) is 15.0. The summed E-state index contributed by atoms with van der Waals surface area (Å²) >= 11 is 0. The van der Waals surface area contributed by atoms with Crippen LogP contribution in [0.15, 0.2) is 0 Å². The minimum absolute atomic E-state index is 0.0237. The van der Waals surface area contributed by atoms with E-state index in [2.05, 4.69) is 0 Å². The van der Waals surface area contributed by atoms with Crippen molar-refractivity contribution in [3.63, 3.8) is 0 Å². The zero-order valence-corrected chi connectivity index (χ0v) is 15.8. The molecule has 0 saturated carbocycles. The Bertz CT molecular complexity index is 557. The van der Waals surface area contributed by atoms with Crippen molar-refractivity contribution in [2.75, 3.05) is 31.9 Å². The molecular formula is C17H30N2O4S. The minimum Gasteiger partial charge on any atom is -0.343 e. The van der Waals surface area contributed by atoms with E-state index in [9.17, 15) is 18.0 Å². The highest BCUT2D eigenvalue weighted by molar-refractivity contribution is 7.92. The first kappa shape index (κ1) is 19.2. The van der Waals surface area contributed by atoms with Crippen LogP contribution >= 0.6 is 0 Å². The third kappa shape index (κ3) is 4.71. The molecule has 24 heavy (non-hydrogen) atoms. The number of carbonyl (C=O) groups excluding carboxylic acids is 2. The Morgan fingerprint density at radius 3 is 1.92 bits per heavy atom. The lowest BCUT2D eigenvalue weighted by molar-refractivity contribution is -0.140. The van der Waals surface area contributed by atoms with Gasteiger partial charge in [-0.25, -0.2) is 8.42 Å². The fourth-order valence-corrected chi connectivity index (χ4v) is 5.87. The largest absolute Gasteiger partial charge is 0.343 e. The summed E-state index contributed by atoms with van der Waals surface area (Å²) in [6.45, 7) is 7.76. The van der Waals surface area contributed by atoms with E-state index in [0.717, 1.165) is 0 Å². The van der Waals surface area contributed by atoms with E-state index >= 15 is 0 Å². The topological polar surface area (TPSA) is 74.8 Å². The molecule has 0 atom stereocenters. The van der Waals surface area contributed by atoms with Crippen LogP contribution in [-0.2, 0) is 19.4 Å². The van der Waals surface area contributed by atoms with Gasteiger partial charge in [-0.2, -0.15) is 0 Å². The third-order valence-electron chi connectivity index (χ3n) is 5.12. The second kappa shape index (κ2) is 7.85. The Kier molecular flexibility index (Phi) is 6.28. The summed E-state index contributed by atoms with van der Waals surface area (Å²) in [5, 5.41) is -0.302. The maximum Gasteiger partial charge on any atom is 0.225 e. The van der Waals surface area contributed by atoms with Crippen molar-refractivity contribution >= 4 is 21.7 Å². The fourth-order valence-electron chi connectivity index (χ4n) is 3.74. The summed E-state index contributed by atoms with van der Waals surface area (Å²) in [7, 11) is -3.06. The Balaban J connectivity index is 1.84. The van der Waals surface area contributed by atoms with Crippen LogP contribution in [0.25, 0.3) is 0 Å². The van der Waals surface area contributed by atoms with Crippen molar-refractivity contribution in [3.05, 3.63) is 0 Å². The fraction of sp³-hybridized carbons (Fsp3) is 0.882. The Morgan fingerprint density at radius 2 is 1.46 bits per heavy atom. The van der Waals surface area contributed by atoms with Gasteiger partial charge in [0.25, 0.3) is 0 Å². The van der Waals surface area contributed by atoms with Crippen molar-refractivity contribution < 1.29 is 18.0 Å². The van der Waals surface area contributed by atoms with Crippen LogP contribution in [0.5, 0.6) is 0 Å². The van der Waals surface area contributed by atoms with Crippen LogP contribution in [0.3, 0.4) is 0 Å². The molecule has 0 aromatic heterocycles. The van der Waals surface area contributed by atoms with Gasteiger partial charge in [0.15, 0.2) is 9.84 Å². The smallest absolute Gasteiger partial charge is 0.225 e. The lowest BCUT2D eigenvalue weighted by atomic mass is 9.94. The van der Waals surface area contributed by atoms with Crippen LogP contribution in [0.1, 0.15) is 46.5 Å². The highest BCUT2D eigenvalue weighted by Crippen LogP contribution is 2.25. The molecule has 2 rings (SSSR count). The molecule has 0 aliphatic carbocycles. The SMILES string of the molecule is CC(=O)N1CCC(C(=O)N2CCC(S(=O)(=O)CC(C)C)CC2)CC1. The van der Waals surface area contributed by atoms with Gasteiger partial charge < -0.3 is 9.80 Å². The van der Waals surface area contributed by atoms with Crippen LogP contribution in [-0.4, -0.2) is 67.2 Å². The van der Waals surface area contributed by atoms with Gasteiger partial charge >= 0.3 is 0 Å². The first-order valence-corrected chi connectivity index (χ1v) is 10.7. The minimum atomic E-state index is -3.06. The molecule has 0 radical (unpaired) electrons. The standard InChI is InChI=1S/C17H30N2O4S/c1-13(2)12-24(22,23)16-6-10-19(11-7-16)17(21)15-4-8-18(9-5-15)14(3)20/h13,15-16H,4-12H2,1-3H3. The average molecular weight is 359 g/mol. The highest BCUT2D eigenvalue weighted by Gasteiger charge is 2.35. The number of hydrogen-bond donors (Lipinski definition) is 0. The summed E-state index contributed by atoms with van der Waals surface area (Å²) in [5.74, 6) is 0.551. The molecule has 0 aromatic rings. The molecular weight excluding hydrogens is 328 g/mol. The first-order valence-electron chi connectivity index (χ1n) is 8.96. The Labute approximate surface area is 145 Å². The van der Waals surface area contributed by atoms with Crippen LogP contribution in [0, 0.1) is 11.8 Å². The molecule has 0 spiro atoms. The van der Waals surface area contributed by atoms with Gasteiger partial charge in [-0.05, 0) is 31.6 Å². The predicted molar refractivity (Wildman–Crippen MR) is 93.2 cm³/mol. The van der Waals surface area contributed by atoms with E-state index in [1.54, 1.807) is 11.8 Å². The molecule has 2 heterocycles. The molecule has 2 aliphatic rings. The predicted octanol–water partition coefficient (Wildman–Crippen LogP) is 1.31. The van der Waals surface area contributed by atoms with Gasteiger partial charge in [0.1, 0.15) is 0 Å². The van der Waals surface area contributed by atoms with Crippen molar-refractivity contribution in [2.45, 2.75) is 51.7 Å². The van der Waals surface area contributed by atoms with E-state index in [0.29, 0.717) is 51.9 Å². The summed E-state index contributed by atoms with van der Waals surface area (Å²) in [5.41, 5.74) is 0. The number of sulfone groups is 1. The molecule has 2 saturated heterocycles. The molecule has 6 nitrogen and oxygen atoms in total. The highest BCUT2D eigenvalue weighted by atomic mass is 32.2. The van der Waals surface area contributed by atoms with Gasteiger partial charge in [-0.3, -0.25) is 9.59 Å². The van der Waals surface area contributed by atoms with E-state index in [4.69, 9.17) is 0 Å². The van der Waals surface area contributed by atoms with Crippen LogP contribution in [0.4, 0.5) is 0 Å². The Hall–Kier alpha value is -1.11. The molecule has 7 heteroatoms. The van der Waals surface area contributed by atoms with E-state index in [1.165, 1.54) is 0 Å². The van der Waals surface area contributed by atoms with Gasteiger partial charge in [-0.15, -0.1) is 0 Å². The molecule has 0 bridgehead atoms. The average Bonchev–Trinajstić information content (AvgIpc) is 2.53.